The van der Waals surface area contributed by atoms with Crippen molar-refractivity contribution in [3.8, 4) is 0 Å². The largest absolute Gasteiger partial charge is 0.472 e. The van der Waals surface area contributed by atoms with E-state index in [0.29, 0.717) is 25.7 Å². The molecule has 2 unspecified atom stereocenters. The second kappa shape index (κ2) is 56.2. The molecule has 0 bridgehead atoms. The third-order valence-corrected chi connectivity index (χ3v) is 16.0. The standard InChI is InChI=1S/C61H118O17P2/c1-5-9-13-17-19-21-22-23-24-25-26-27-28-29-30-31-32-33-34-36-40-44-48-61(66)78-57(52-72-59(64)46-42-39-35-20-18-14-10-6-2)54-76-80(69,70)74-50-55(62)49-73-79(67,68)75-53-56(77-60(65)47-43-38-16-12-8-4)51-71-58(63)45-41-37-15-11-7-3/h55-57,62H,5-54H2,1-4H3,(H,67,68)(H,69,70)/t55-,56+,57+/m0/s1. The monoisotopic (exact) mass is 1180 g/mol. The van der Waals surface area contributed by atoms with Gasteiger partial charge in [-0.05, 0) is 25.7 Å². The van der Waals surface area contributed by atoms with Crippen LogP contribution < -0.4 is 0 Å². The number of carbonyl (C=O) groups is 4. The molecule has 0 aromatic heterocycles. The van der Waals surface area contributed by atoms with Gasteiger partial charge in [-0.25, -0.2) is 9.13 Å². The molecule has 0 aliphatic heterocycles. The number of aliphatic hydroxyl groups excluding tert-OH is 1. The molecule has 5 atom stereocenters. The summed E-state index contributed by atoms with van der Waals surface area (Å²) in [5, 5.41) is 10.5. The summed E-state index contributed by atoms with van der Waals surface area (Å²) in [5.41, 5.74) is 0. The van der Waals surface area contributed by atoms with Gasteiger partial charge in [0.15, 0.2) is 12.2 Å². The van der Waals surface area contributed by atoms with Crippen molar-refractivity contribution in [1.29, 1.82) is 0 Å². The molecule has 0 heterocycles. The lowest BCUT2D eigenvalue weighted by molar-refractivity contribution is -0.161. The molecule has 0 saturated heterocycles. The summed E-state index contributed by atoms with van der Waals surface area (Å²) < 4.78 is 67.3. The highest BCUT2D eigenvalue weighted by molar-refractivity contribution is 7.47. The molecule has 0 aromatic carbocycles. The van der Waals surface area contributed by atoms with Gasteiger partial charge in [0.1, 0.15) is 19.3 Å². The Labute approximate surface area is 486 Å². The predicted octanol–water partition coefficient (Wildman–Crippen LogP) is 16.8. The first-order valence-electron chi connectivity index (χ1n) is 32.3. The van der Waals surface area contributed by atoms with Crippen LogP contribution in [-0.2, 0) is 65.4 Å². The Morgan fingerprint density at radius 3 is 0.738 bits per heavy atom. The molecule has 0 rings (SSSR count). The Hall–Kier alpha value is -1.94. The molecule has 0 fully saturated rings. The smallest absolute Gasteiger partial charge is 0.462 e. The minimum atomic E-state index is -4.93. The van der Waals surface area contributed by atoms with Crippen molar-refractivity contribution in [1.82, 2.24) is 0 Å². The molecule has 0 aliphatic rings. The summed E-state index contributed by atoms with van der Waals surface area (Å²) in [6.07, 6.45) is 41.5. The number of phosphoric acid groups is 2. The van der Waals surface area contributed by atoms with Gasteiger partial charge in [0, 0.05) is 25.7 Å². The van der Waals surface area contributed by atoms with E-state index >= 15 is 0 Å². The van der Waals surface area contributed by atoms with E-state index in [1.54, 1.807) is 0 Å². The highest BCUT2D eigenvalue weighted by atomic mass is 31.2. The second-order valence-corrected chi connectivity index (χ2v) is 25.0. The van der Waals surface area contributed by atoms with Gasteiger partial charge in [-0.2, -0.15) is 0 Å². The Bertz CT molecular complexity index is 1550. The topological polar surface area (TPSA) is 237 Å². The van der Waals surface area contributed by atoms with E-state index in [9.17, 15) is 43.2 Å². The van der Waals surface area contributed by atoms with E-state index in [0.717, 1.165) is 103 Å². The zero-order chi connectivity index (χ0) is 59.1. The van der Waals surface area contributed by atoms with Gasteiger partial charge in [0.25, 0.3) is 0 Å². The van der Waals surface area contributed by atoms with E-state index in [1.807, 2.05) is 0 Å². The van der Waals surface area contributed by atoms with Crippen molar-refractivity contribution in [3.63, 3.8) is 0 Å². The lowest BCUT2D eigenvalue weighted by Gasteiger charge is -2.21. The predicted molar refractivity (Wildman–Crippen MR) is 317 cm³/mol. The van der Waals surface area contributed by atoms with Crippen molar-refractivity contribution in [3.05, 3.63) is 0 Å². The molecular weight excluding hydrogens is 1070 g/mol. The Balaban J connectivity index is 4.94. The first-order valence-corrected chi connectivity index (χ1v) is 35.3. The second-order valence-electron chi connectivity index (χ2n) is 22.1. The van der Waals surface area contributed by atoms with Crippen molar-refractivity contribution in [2.45, 2.75) is 329 Å². The van der Waals surface area contributed by atoms with Gasteiger partial charge >= 0.3 is 39.5 Å². The summed E-state index contributed by atoms with van der Waals surface area (Å²) in [6, 6.07) is 0. The highest BCUT2D eigenvalue weighted by Gasteiger charge is 2.30. The SMILES string of the molecule is CCCCCCCCCCCCCCCCCCCCCCCCC(=O)O[C@H](COC(=O)CCCCCCCCCC)COP(=O)(O)OC[C@@H](O)COP(=O)(O)OC[C@@H](COC(=O)CCCCCCC)OC(=O)CCCCCCC. The molecule has 19 heteroatoms. The van der Waals surface area contributed by atoms with Gasteiger partial charge in [0.05, 0.1) is 26.4 Å². The molecule has 80 heavy (non-hydrogen) atoms. The molecule has 0 radical (unpaired) electrons. The van der Waals surface area contributed by atoms with Gasteiger partial charge in [-0.3, -0.25) is 37.3 Å². The summed E-state index contributed by atoms with van der Waals surface area (Å²) >= 11 is 0. The normalized spacial score (nSPS) is 14.2. The molecule has 0 amide bonds. The van der Waals surface area contributed by atoms with Crippen molar-refractivity contribution >= 4 is 39.5 Å². The zero-order valence-electron chi connectivity index (χ0n) is 51.0. The molecular formula is C61H118O17P2. The summed E-state index contributed by atoms with van der Waals surface area (Å²) in [7, 11) is -9.85. The molecule has 0 aliphatic carbocycles. The first kappa shape index (κ1) is 78.1. The minimum Gasteiger partial charge on any atom is -0.462 e. The quantitative estimate of drug-likeness (QED) is 0.0222. The van der Waals surface area contributed by atoms with Crippen molar-refractivity contribution in [2.24, 2.45) is 0 Å². The lowest BCUT2D eigenvalue weighted by Crippen LogP contribution is -2.30. The molecule has 0 spiro atoms. The van der Waals surface area contributed by atoms with E-state index < -0.39 is 97.5 Å². The van der Waals surface area contributed by atoms with Gasteiger partial charge in [-0.15, -0.1) is 0 Å². The van der Waals surface area contributed by atoms with Crippen LogP contribution in [0.2, 0.25) is 0 Å². The maximum absolute atomic E-state index is 12.9. The van der Waals surface area contributed by atoms with E-state index in [4.69, 9.17) is 37.0 Å². The first-order chi connectivity index (χ1) is 38.7. The summed E-state index contributed by atoms with van der Waals surface area (Å²) in [5.74, 6) is -2.16. The van der Waals surface area contributed by atoms with Gasteiger partial charge in [0.2, 0.25) is 0 Å². The fourth-order valence-corrected chi connectivity index (χ4v) is 10.7. The number of hydrogen-bond acceptors (Lipinski definition) is 15. The minimum absolute atomic E-state index is 0.0991. The Morgan fingerprint density at radius 2 is 0.500 bits per heavy atom. The number of unbranched alkanes of at least 4 members (excludes halogenated alkanes) is 36. The van der Waals surface area contributed by atoms with Crippen molar-refractivity contribution in [2.75, 3.05) is 39.6 Å². The zero-order valence-corrected chi connectivity index (χ0v) is 52.8. The summed E-state index contributed by atoms with van der Waals surface area (Å²) in [4.78, 5) is 71.4. The van der Waals surface area contributed by atoms with Crippen LogP contribution in [0.15, 0.2) is 0 Å². The maximum Gasteiger partial charge on any atom is 0.472 e. The fourth-order valence-electron chi connectivity index (χ4n) is 9.10. The third-order valence-electron chi connectivity index (χ3n) is 14.1. The van der Waals surface area contributed by atoms with Gasteiger partial charge in [-0.1, -0.05) is 259 Å². The van der Waals surface area contributed by atoms with E-state index in [-0.39, 0.29) is 25.7 Å². The number of rotatable bonds is 62. The van der Waals surface area contributed by atoms with Crippen LogP contribution in [0.3, 0.4) is 0 Å². The third kappa shape index (κ3) is 55.3. The van der Waals surface area contributed by atoms with Crippen LogP contribution in [0.4, 0.5) is 0 Å². The van der Waals surface area contributed by atoms with Crippen LogP contribution in [0, 0.1) is 0 Å². The van der Waals surface area contributed by atoms with E-state index in [1.165, 1.54) is 128 Å². The number of ether oxygens (including phenoxy) is 4. The van der Waals surface area contributed by atoms with Crippen LogP contribution in [-0.4, -0.2) is 96.7 Å². The Morgan fingerprint density at radius 1 is 0.300 bits per heavy atom. The van der Waals surface area contributed by atoms with Gasteiger partial charge < -0.3 is 33.8 Å². The van der Waals surface area contributed by atoms with Crippen LogP contribution in [0.25, 0.3) is 0 Å². The summed E-state index contributed by atoms with van der Waals surface area (Å²) in [6.45, 7) is 4.65. The Kier molecular flexibility index (Phi) is 54.8. The lowest BCUT2D eigenvalue weighted by atomic mass is 10.0. The number of aliphatic hydroxyl groups is 1. The number of phosphoric ester groups is 2. The van der Waals surface area contributed by atoms with Crippen LogP contribution >= 0.6 is 15.6 Å². The average molecular weight is 1190 g/mol. The van der Waals surface area contributed by atoms with Crippen LogP contribution in [0.1, 0.15) is 310 Å². The molecule has 0 aromatic rings. The molecule has 3 N–H and O–H groups in total. The van der Waals surface area contributed by atoms with E-state index in [2.05, 4.69) is 27.7 Å². The number of esters is 4. The molecule has 474 valence electrons. The number of hydrogen-bond donors (Lipinski definition) is 3. The molecule has 17 nitrogen and oxygen atoms in total. The molecule has 0 saturated carbocycles. The average Bonchev–Trinajstić information content (AvgIpc) is 3.43. The number of carbonyl (C=O) groups excluding carboxylic acids is 4. The maximum atomic E-state index is 12.9. The van der Waals surface area contributed by atoms with Crippen LogP contribution in [0.5, 0.6) is 0 Å². The highest BCUT2D eigenvalue weighted by Crippen LogP contribution is 2.45. The fraction of sp³-hybridized carbons (Fsp3) is 0.934. The van der Waals surface area contributed by atoms with Crippen molar-refractivity contribution < 1.29 is 80.2 Å².